The van der Waals surface area contributed by atoms with Gasteiger partial charge in [-0.3, -0.25) is 9.69 Å². The molecule has 9 heteroatoms. The van der Waals surface area contributed by atoms with Crippen molar-refractivity contribution in [2.24, 2.45) is 5.73 Å². The van der Waals surface area contributed by atoms with E-state index in [0.717, 1.165) is 31.9 Å². The molecule has 3 N–H and O–H groups in total. The Bertz CT molecular complexity index is 887. The van der Waals surface area contributed by atoms with Gasteiger partial charge in [0.25, 0.3) is 5.91 Å². The molecule has 2 aliphatic rings. The van der Waals surface area contributed by atoms with Crippen LogP contribution >= 0.6 is 0 Å². The third kappa shape index (κ3) is 4.51. The number of ether oxygens (including phenoxy) is 1. The van der Waals surface area contributed by atoms with E-state index in [4.69, 9.17) is 10.5 Å². The van der Waals surface area contributed by atoms with Crippen LogP contribution in [0.15, 0.2) is 24.4 Å². The van der Waals surface area contributed by atoms with Crippen LogP contribution in [-0.2, 0) is 9.53 Å². The summed E-state index contributed by atoms with van der Waals surface area (Å²) in [6, 6.07) is 5.60. The second-order valence-corrected chi connectivity index (χ2v) is 7.65. The minimum absolute atomic E-state index is 0.00799. The standard InChI is InChI=1S/C20H25FN6O2/c1-12-10-27(18(28)11-29-12)17-4-2-3-16(25-17)19-15(21)9-23-20(26-19)24-14-7-5-13(22)6-8-14/h2-4,9,12-14H,5-8,10-11,22H2,1H3,(H,23,24,26)/t12-,13?,14?/m0/s1. The maximum atomic E-state index is 14.5. The van der Waals surface area contributed by atoms with Crippen molar-refractivity contribution in [1.29, 1.82) is 0 Å². The molecule has 0 bridgehead atoms. The van der Waals surface area contributed by atoms with Crippen molar-refractivity contribution >= 4 is 17.7 Å². The molecule has 8 nitrogen and oxygen atoms in total. The van der Waals surface area contributed by atoms with E-state index in [1.54, 1.807) is 23.1 Å². The number of halogens is 1. The van der Waals surface area contributed by atoms with Crippen molar-refractivity contribution in [3.8, 4) is 11.4 Å². The van der Waals surface area contributed by atoms with Crippen LogP contribution in [0.2, 0.25) is 0 Å². The molecule has 0 radical (unpaired) electrons. The van der Waals surface area contributed by atoms with Gasteiger partial charge in [-0.05, 0) is 44.7 Å². The molecule has 1 amide bonds. The number of nitrogens with zero attached hydrogens (tertiary/aromatic N) is 4. The molecular formula is C20H25FN6O2. The highest BCUT2D eigenvalue weighted by Crippen LogP contribution is 2.25. The van der Waals surface area contributed by atoms with E-state index in [1.165, 1.54) is 0 Å². The molecule has 3 heterocycles. The zero-order chi connectivity index (χ0) is 20.4. The Labute approximate surface area is 168 Å². The fraction of sp³-hybridized carbons (Fsp3) is 0.500. The highest BCUT2D eigenvalue weighted by Gasteiger charge is 2.26. The van der Waals surface area contributed by atoms with Crippen molar-refractivity contribution in [3.05, 3.63) is 30.2 Å². The van der Waals surface area contributed by atoms with Crippen LogP contribution in [0.1, 0.15) is 32.6 Å². The van der Waals surface area contributed by atoms with Crippen molar-refractivity contribution in [1.82, 2.24) is 15.0 Å². The minimum atomic E-state index is -0.562. The molecular weight excluding hydrogens is 375 g/mol. The number of amides is 1. The van der Waals surface area contributed by atoms with E-state index in [2.05, 4.69) is 20.3 Å². The van der Waals surface area contributed by atoms with Crippen molar-refractivity contribution < 1.29 is 13.9 Å². The number of nitrogens with two attached hydrogens (primary N) is 1. The number of morpholine rings is 1. The summed E-state index contributed by atoms with van der Waals surface area (Å²) in [5.74, 6) is 0.0860. The van der Waals surface area contributed by atoms with Crippen LogP contribution in [0.4, 0.5) is 16.2 Å². The lowest BCUT2D eigenvalue weighted by Crippen LogP contribution is -2.46. The van der Waals surface area contributed by atoms with Crippen LogP contribution in [0, 0.1) is 5.82 Å². The zero-order valence-electron chi connectivity index (χ0n) is 16.3. The lowest BCUT2D eigenvalue weighted by Gasteiger charge is -2.30. The Morgan fingerprint density at radius 3 is 2.83 bits per heavy atom. The van der Waals surface area contributed by atoms with Gasteiger partial charge in [0.1, 0.15) is 18.1 Å². The first-order chi connectivity index (χ1) is 14.0. The van der Waals surface area contributed by atoms with E-state index < -0.39 is 5.82 Å². The highest BCUT2D eigenvalue weighted by atomic mass is 19.1. The Morgan fingerprint density at radius 1 is 1.24 bits per heavy atom. The van der Waals surface area contributed by atoms with Gasteiger partial charge in [-0.2, -0.15) is 0 Å². The van der Waals surface area contributed by atoms with Crippen molar-refractivity contribution in [2.45, 2.75) is 50.8 Å². The molecule has 2 aromatic rings. The summed E-state index contributed by atoms with van der Waals surface area (Å²) in [5, 5.41) is 3.28. The zero-order valence-corrected chi connectivity index (χ0v) is 16.3. The molecule has 0 spiro atoms. The van der Waals surface area contributed by atoms with E-state index in [-0.39, 0.29) is 36.4 Å². The Kier molecular flexibility index (Phi) is 5.68. The average molecular weight is 400 g/mol. The van der Waals surface area contributed by atoms with Crippen LogP contribution in [0.25, 0.3) is 11.4 Å². The van der Waals surface area contributed by atoms with Crippen LogP contribution in [0.3, 0.4) is 0 Å². The van der Waals surface area contributed by atoms with E-state index in [9.17, 15) is 9.18 Å². The first-order valence-corrected chi connectivity index (χ1v) is 9.93. The monoisotopic (exact) mass is 400 g/mol. The molecule has 0 aromatic carbocycles. The average Bonchev–Trinajstić information content (AvgIpc) is 2.73. The number of hydrogen-bond donors (Lipinski definition) is 2. The molecule has 2 aromatic heterocycles. The Balaban J connectivity index is 1.57. The summed E-state index contributed by atoms with van der Waals surface area (Å²) in [5.41, 5.74) is 6.40. The fourth-order valence-electron chi connectivity index (χ4n) is 3.69. The minimum Gasteiger partial charge on any atom is -0.367 e. The topological polar surface area (TPSA) is 106 Å². The number of carbonyl (C=O) groups excluding carboxylic acids is 1. The first-order valence-electron chi connectivity index (χ1n) is 9.93. The van der Waals surface area contributed by atoms with Gasteiger partial charge in [-0.25, -0.2) is 19.3 Å². The van der Waals surface area contributed by atoms with E-state index in [0.29, 0.717) is 24.0 Å². The number of carbonyl (C=O) groups is 1. The van der Waals surface area contributed by atoms with Gasteiger partial charge >= 0.3 is 0 Å². The SMILES string of the molecule is C[C@H]1CN(c2cccc(-c3nc(NC4CCC(N)CC4)ncc3F)n2)C(=O)CO1. The molecule has 1 saturated heterocycles. The maximum absolute atomic E-state index is 14.5. The molecule has 154 valence electrons. The molecule has 2 fully saturated rings. The number of anilines is 2. The molecule has 29 heavy (non-hydrogen) atoms. The van der Waals surface area contributed by atoms with Gasteiger partial charge in [0.15, 0.2) is 5.82 Å². The third-order valence-corrected chi connectivity index (χ3v) is 5.33. The molecule has 1 aliphatic heterocycles. The lowest BCUT2D eigenvalue weighted by atomic mass is 9.92. The second-order valence-electron chi connectivity index (χ2n) is 7.65. The number of aromatic nitrogens is 3. The normalized spacial score (nSPS) is 25.1. The smallest absolute Gasteiger partial charge is 0.254 e. The van der Waals surface area contributed by atoms with E-state index >= 15 is 0 Å². The summed E-state index contributed by atoms with van der Waals surface area (Å²) in [6.07, 6.45) is 4.82. The first kappa shape index (κ1) is 19.7. The molecule has 1 saturated carbocycles. The lowest BCUT2D eigenvalue weighted by molar-refractivity contribution is -0.128. The molecule has 4 rings (SSSR count). The van der Waals surface area contributed by atoms with E-state index in [1.807, 2.05) is 6.92 Å². The highest BCUT2D eigenvalue weighted by molar-refractivity contribution is 5.94. The predicted octanol–water partition coefficient (Wildman–Crippen LogP) is 2.11. The molecule has 1 atom stereocenters. The molecule has 0 unspecified atom stereocenters. The fourth-order valence-corrected chi connectivity index (χ4v) is 3.69. The molecule has 1 aliphatic carbocycles. The quantitative estimate of drug-likeness (QED) is 0.809. The summed E-state index contributed by atoms with van der Waals surface area (Å²) in [7, 11) is 0. The van der Waals surface area contributed by atoms with Crippen molar-refractivity contribution in [3.63, 3.8) is 0 Å². The number of pyridine rings is 1. The van der Waals surface area contributed by atoms with Crippen LogP contribution in [0.5, 0.6) is 0 Å². The van der Waals surface area contributed by atoms with Gasteiger partial charge in [0.05, 0.1) is 24.5 Å². The summed E-state index contributed by atoms with van der Waals surface area (Å²) in [4.78, 5) is 26.7. The summed E-state index contributed by atoms with van der Waals surface area (Å²) in [6.45, 7) is 2.30. The number of nitrogens with one attached hydrogen (secondary N) is 1. The summed E-state index contributed by atoms with van der Waals surface area (Å²) < 4.78 is 19.8. The number of hydrogen-bond acceptors (Lipinski definition) is 7. The van der Waals surface area contributed by atoms with Gasteiger partial charge in [0.2, 0.25) is 5.95 Å². The van der Waals surface area contributed by atoms with Gasteiger partial charge in [0, 0.05) is 12.1 Å². The largest absolute Gasteiger partial charge is 0.367 e. The third-order valence-electron chi connectivity index (χ3n) is 5.33. The Hall–Kier alpha value is -2.65. The maximum Gasteiger partial charge on any atom is 0.254 e. The second kappa shape index (κ2) is 8.38. The van der Waals surface area contributed by atoms with Crippen molar-refractivity contribution in [2.75, 3.05) is 23.4 Å². The van der Waals surface area contributed by atoms with Gasteiger partial charge < -0.3 is 15.8 Å². The van der Waals surface area contributed by atoms with Crippen LogP contribution < -0.4 is 16.0 Å². The van der Waals surface area contributed by atoms with Gasteiger partial charge in [-0.1, -0.05) is 6.07 Å². The number of rotatable bonds is 4. The van der Waals surface area contributed by atoms with Gasteiger partial charge in [-0.15, -0.1) is 0 Å². The summed E-state index contributed by atoms with van der Waals surface area (Å²) >= 11 is 0. The van der Waals surface area contributed by atoms with Crippen LogP contribution in [-0.4, -0.2) is 52.2 Å². The predicted molar refractivity (Wildman–Crippen MR) is 107 cm³/mol. The Morgan fingerprint density at radius 2 is 2.03 bits per heavy atom.